The van der Waals surface area contributed by atoms with Gasteiger partial charge < -0.3 is 16.0 Å². The van der Waals surface area contributed by atoms with E-state index in [0.717, 1.165) is 15.7 Å². The second-order valence-electron chi connectivity index (χ2n) is 8.58. The van der Waals surface area contributed by atoms with Crippen LogP contribution in [0.3, 0.4) is 0 Å². The SMILES string of the molecule is CC(C)(C)NC(=O)CNC(=O)CN1C(=O)N[C@](C)(c2ccc3ccccc3c2)C1=O. The van der Waals surface area contributed by atoms with Crippen molar-refractivity contribution in [1.29, 1.82) is 0 Å². The number of fused-ring (bicyclic) bond motifs is 1. The standard InChI is InChI=1S/C22H26N4O4/c1-21(2,3)24-17(27)12-23-18(28)13-26-19(29)22(4,25-20(26)30)16-10-9-14-7-5-6-8-15(14)11-16/h5-11H,12-13H2,1-4H3,(H,23,28)(H,24,27)(H,25,30)/t22-/m1/s1. The second-order valence-corrected chi connectivity index (χ2v) is 8.58. The van der Waals surface area contributed by atoms with E-state index in [9.17, 15) is 19.2 Å². The molecule has 3 N–H and O–H groups in total. The normalized spacial score (nSPS) is 19.0. The lowest BCUT2D eigenvalue weighted by Crippen LogP contribution is -2.48. The lowest BCUT2D eigenvalue weighted by molar-refractivity contribution is -0.135. The molecule has 2 aromatic rings. The first-order valence-corrected chi connectivity index (χ1v) is 9.71. The predicted molar refractivity (Wildman–Crippen MR) is 112 cm³/mol. The Bertz CT molecular complexity index is 1030. The molecule has 5 amide bonds. The molecule has 1 saturated heterocycles. The summed E-state index contributed by atoms with van der Waals surface area (Å²) >= 11 is 0. The first-order chi connectivity index (χ1) is 14.0. The van der Waals surface area contributed by atoms with Crippen molar-refractivity contribution in [3.05, 3.63) is 48.0 Å². The van der Waals surface area contributed by atoms with Gasteiger partial charge in [-0.3, -0.25) is 19.3 Å². The van der Waals surface area contributed by atoms with Crippen LogP contribution in [0.4, 0.5) is 4.79 Å². The van der Waals surface area contributed by atoms with Crippen molar-refractivity contribution >= 4 is 34.5 Å². The summed E-state index contributed by atoms with van der Waals surface area (Å²) in [6.45, 7) is 6.40. The van der Waals surface area contributed by atoms with E-state index >= 15 is 0 Å². The summed E-state index contributed by atoms with van der Waals surface area (Å²) in [5.74, 6) is -1.46. The third-order valence-electron chi connectivity index (χ3n) is 4.86. The van der Waals surface area contributed by atoms with E-state index in [1.165, 1.54) is 0 Å². The van der Waals surface area contributed by atoms with Gasteiger partial charge in [-0.05, 0) is 50.1 Å². The summed E-state index contributed by atoms with van der Waals surface area (Å²) < 4.78 is 0. The van der Waals surface area contributed by atoms with Crippen LogP contribution in [0.2, 0.25) is 0 Å². The quantitative estimate of drug-likeness (QED) is 0.651. The van der Waals surface area contributed by atoms with Gasteiger partial charge in [0, 0.05) is 5.54 Å². The van der Waals surface area contributed by atoms with Gasteiger partial charge in [0.05, 0.1) is 6.54 Å². The Morgan fingerprint density at radius 3 is 2.37 bits per heavy atom. The highest BCUT2D eigenvalue weighted by molar-refractivity contribution is 6.09. The number of amides is 5. The third kappa shape index (κ3) is 4.42. The van der Waals surface area contributed by atoms with Crippen molar-refractivity contribution in [3.63, 3.8) is 0 Å². The topological polar surface area (TPSA) is 108 Å². The van der Waals surface area contributed by atoms with Gasteiger partial charge in [0.2, 0.25) is 11.8 Å². The monoisotopic (exact) mass is 410 g/mol. The van der Waals surface area contributed by atoms with Crippen LogP contribution >= 0.6 is 0 Å². The summed E-state index contributed by atoms with van der Waals surface area (Å²) in [6.07, 6.45) is 0. The van der Waals surface area contributed by atoms with Crippen LogP contribution in [0.1, 0.15) is 33.3 Å². The van der Waals surface area contributed by atoms with Crippen molar-refractivity contribution in [2.24, 2.45) is 0 Å². The molecule has 1 atom stereocenters. The van der Waals surface area contributed by atoms with E-state index < -0.39 is 35.5 Å². The van der Waals surface area contributed by atoms with Crippen LogP contribution in [-0.4, -0.2) is 47.3 Å². The smallest absolute Gasteiger partial charge is 0.325 e. The fraction of sp³-hybridized carbons (Fsp3) is 0.364. The predicted octanol–water partition coefficient (Wildman–Crippen LogP) is 1.64. The van der Waals surface area contributed by atoms with Gasteiger partial charge in [0.1, 0.15) is 12.1 Å². The maximum atomic E-state index is 13.0. The van der Waals surface area contributed by atoms with Crippen molar-refractivity contribution < 1.29 is 19.2 Å². The van der Waals surface area contributed by atoms with Crippen molar-refractivity contribution in [1.82, 2.24) is 20.9 Å². The number of urea groups is 1. The maximum Gasteiger partial charge on any atom is 0.325 e. The zero-order valence-corrected chi connectivity index (χ0v) is 17.5. The molecule has 8 heteroatoms. The summed E-state index contributed by atoms with van der Waals surface area (Å²) in [5.41, 5.74) is -1.06. The summed E-state index contributed by atoms with van der Waals surface area (Å²) in [7, 11) is 0. The number of nitrogens with one attached hydrogen (secondary N) is 3. The van der Waals surface area contributed by atoms with Crippen LogP contribution in [-0.2, 0) is 19.9 Å². The highest BCUT2D eigenvalue weighted by Gasteiger charge is 2.49. The van der Waals surface area contributed by atoms with Gasteiger partial charge in [0.15, 0.2) is 0 Å². The highest BCUT2D eigenvalue weighted by Crippen LogP contribution is 2.30. The number of hydrogen-bond acceptors (Lipinski definition) is 4. The van der Waals surface area contributed by atoms with E-state index in [1.807, 2.05) is 57.2 Å². The van der Waals surface area contributed by atoms with E-state index in [1.54, 1.807) is 13.0 Å². The van der Waals surface area contributed by atoms with E-state index in [2.05, 4.69) is 16.0 Å². The molecule has 0 bridgehead atoms. The number of carbonyl (C=O) groups is 4. The van der Waals surface area contributed by atoms with Gasteiger partial charge in [-0.15, -0.1) is 0 Å². The molecule has 0 saturated carbocycles. The molecular formula is C22H26N4O4. The molecule has 3 rings (SSSR count). The van der Waals surface area contributed by atoms with Crippen LogP contribution in [0.15, 0.2) is 42.5 Å². The van der Waals surface area contributed by atoms with Crippen LogP contribution in [0, 0.1) is 0 Å². The van der Waals surface area contributed by atoms with Crippen LogP contribution in [0.5, 0.6) is 0 Å². The fourth-order valence-electron chi connectivity index (χ4n) is 3.38. The Kier molecular flexibility index (Phi) is 5.52. The number of imide groups is 1. The van der Waals surface area contributed by atoms with Gasteiger partial charge in [0.25, 0.3) is 5.91 Å². The number of rotatable bonds is 5. The molecule has 0 radical (unpaired) electrons. The minimum atomic E-state index is -1.27. The zero-order chi connectivity index (χ0) is 22.1. The molecule has 8 nitrogen and oxygen atoms in total. The molecule has 2 aromatic carbocycles. The summed E-state index contributed by atoms with van der Waals surface area (Å²) in [6, 6.07) is 12.6. The molecule has 0 aromatic heterocycles. The van der Waals surface area contributed by atoms with Gasteiger partial charge in [-0.25, -0.2) is 4.79 Å². The van der Waals surface area contributed by atoms with Crippen molar-refractivity contribution in [3.8, 4) is 0 Å². The van der Waals surface area contributed by atoms with Crippen molar-refractivity contribution in [2.45, 2.75) is 38.8 Å². The molecule has 158 valence electrons. The number of nitrogens with zero attached hydrogens (tertiary/aromatic N) is 1. The lowest BCUT2D eigenvalue weighted by Gasteiger charge is -2.23. The Hall–Kier alpha value is -3.42. The van der Waals surface area contributed by atoms with Crippen molar-refractivity contribution in [2.75, 3.05) is 13.1 Å². The number of hydrogen-bond donors (Lipinski definition) is 3. The van der Waals surface area contributed by atoms with Crippen LogP contribution in [0.25, 0.3) is 10.8 Å². The van der Waals surface area contributed by atoms with Crippen LogP contribution < -0.4 is 16.0 Å². The third-order valence-corrected chi connectivity index (χ3v) is 4.86. The Labute approximate surface area is 175 Å². The molecule has 0 unspecified atom stereocenters. The largest absolute Gasteiger partial charge is 0.350 e. The summed E-state index contributed by atoms with van der Waals surface area (Å²) in [4.78, 5) is 50.4. The maximum absolute atomic E-state index is 13.0. The Morgan fingerprint density at radius 2 is 1.70 bits per heavy atom. The first kappa shape index (κ1) is 21.3. The average molecular weight is 410 g/mol. The Balaban J connectivity index is 1.69. The average Bonchev–Trinajstić information content (AvgIpc) is 2.89. The lowest BCUT2D eigenvalue weighted by atomic mass is 9.90. The molecular weight excluding hydrogens is 384 g/mol. The van der Waals surface area contributed by atoms with E-state index in [4.69, 9.17) is 0 Å². The number of benzene rings is 2. The molecule has 1 fully saturated rings. The second kappa shape index (κ2) is 7.78. The molecule has 1 aliphatic heterocycles. The minimum absolute atomic E-state index is 0.234. The van der Waals surface area contributed by atoms with Gasteiger partial charge in [-0.1, -0.05) is 36.4 Å². The molecule has 30 heavy (non-hydrogen) atoms. The number of carbonyl (C=O) groups excluding carboxylic acids is 4. The summed E-state index contributed by atoms with van der Waals surface area (Å²) in [5, 5.41) is 9.82. The van der Waals surface area contributed by atoms with E-state index in [0.29, 0.717) is 5.56 Å². The molecule has 0 spiro atoms. The molecule has 1 aliphatic rings. The van der Waals surface area contributed by atoms with E-state index in [-0.39, 0.29) is 12.5 Å². The molecule has 0 aliphatic carbocycles. The Morgan fingerprint density at radius 1 is 1.03 bits per heavy atom. The highest BCUT2D eigenvalue weighted by atomic mass is 16.2. The molecule has 1 heterocycles. The fourth-order valence-corrected chi connectivity index (χ4v) is 3.38. The minimum Gasteiger partial charge on any atom is -0.350 e. The first-order valence-electron chi connectivity index (χ1n) is 9.71. The zero-order valence-electron chi connectivity index (χ0n) is 17.5. The van der Waals surface area contributed by atoms with Gasteiger partial charge in [-0.2, -0.15) is 0 Å². The van der Waals surface area contributed by atoms with Gasteiger partial charge >= 0.3 is 6.03 Å².